The van der Waals surface area contributed by atoms with E-state index in [0.29, 0.717) is 0 Å². The monoisotopic (exact) mass is 341 g/mol. The quantitative estimate of drug-likeness (QED) is 0.785. The smallest absolute Gasteiger partial charge is 0.123 e. The molecule has 0 saturated carbocycles. The molecule has 2 aromatic carbocycles. The molecule has 3 aromatic rings. The van der Waals surface area contributed by atoms with Crippen LogP contribution in [0, 0.1) is 5.82 Å². The van der Waals surface area contributed by atoms with Gasteiger partial charge in [-0.2, -0.15) is 0 Å². The number of aromatic nitrogens is 1. The number of benzene rings is 2. The molecule has 124 valence electrons. The maximum Gasteiger partial charge on any atom is 0.123 e. The number of rotatable bonds is 3. The molecule has 5 heteroatoms. The summed E-state index contributed by atoms with van der Waals surface area (Å²) < 4.78 is 15.0. The summed E-state index contributed by atoms with van der Waals surface area (Å²) in [6, 6.07) is 15.2. The first-order valence-corrected chi connectivity index (χ1v) is 9.18. The molecule has 1 unspecified atom stereocenters. The van der Waals surface area contributed by atoms with E-state index >= 15 is 0 Å². The Morgan fingerprint density at radius 2 is 2.00 bits per heavy atom. The van der Waals surface area contributed by atoms with Crippen LogP contribution < -0.4 is 5.32 Å². The molecule has 4 rings (SSSR count). The lowest BCUT2D eigenvalue weighted by Gasteiger charge is -2.29. The van der Waals surface area contributed by atoms with Crippen LogP contribution in [0.1, 0.15) is 23.0 Å². The van der Waals surface area contributed by atoms with E-state index in [1.54, 1.807) is 23.5 Å². The number of hydrogen-bond donors (Lipinski definition) is 1. The Bertz CT molecular complexity index is 791. The van der Waals surface area contributed by atoms with Gasteiger partial charge >= 0.3 is 0 Å². The minimum absolute atomic E-state index is 0.0120. The molecular formula is C19H20FN3S. The Labute approximate surface area is 145 Å². The van der Waals surface area contributed by atoms with E-state index in [-0.39, 0.29) is 11.9 Å². The maximum absolute atomic E-state index is 13.8. The van der Waals surface area contributed by atoms with Crippen molar-refractivity contribution in [1.82, 2.24) is 15.2 Å². The summed E-state index contributed by atoms with van der Waals surface area (Å²) in [6.07, 6.45) is 1.09. The van der Waals surface area contributed by atoms with Gasteiger partial charge < -0.3 is 5.32 Å². The van der Waals surface area contributed by atoms with Gasteiger partial charge in [-0.25, -0.2) is 9.37 Å². The summed E-state index contributed by atoms with van der Waals surface area (Å²) in [6.45, 7) is 3.92. The van der Waals surface area contributed by atoms with Crippen LogP contribution in [0.3, 0.4) is 0 Å². The van der Waals surface area contributed by atoms with Gasteiger partial charge in [-0.1, -0.05) is 24.3 Å². The van der Waals surface area contributed by atoms with Gasteiger partial charge in [-0.3, -0.25) is 4.90 Å². The Kier molecular flexibility index (Phi) is 4.56. The molecule has 0 spiro atoms. The van der Waals surface area contributed by atoms with E-state index in [2.05, 4.69) is 16.3 Å². The van der Waals surface area contributed by atoms with Crippen LogP contribution in [0.15, 0.2) is 48.5 Å². The zero-order chi connectivity index (χ0) is 16.4. The molecule has 3 nitrogen and oxygen atoms in total. The molecule has 0 aliphatic carbocycles. The van der Waals surface area contributed by atoms with Crippen molar-refractivity contribution < 1.29 is 4.39 Å². The Balaban J connectivity index is 1.79. The van der Waals surface area contributed by atoms with Gasteiger partial charge in [0, 0.05) is 19.6 Å². The van der Waals surface area contributed by atoms with E-state index in [9.17, 15) is 4.39 Å². The number of fused-ring (bicyclic) bond motifs is 1. The van der Waals surface area contributed by atoms with E-state index in [4.69, 9.17) is 4.98 Å². The number of halogens is 1. The second-order valence-electron chi connectivity index (χ2n) is 6.12. The highest BCUT2D eigenvalue weighted by molar-refractivity contribution is 7.18. The average molecular weight is 341 g/mol. The third-order valence-corrected chi connectivity index (χ3v) is 5.54. The van der Waals surface area contributed by atoms with Crippen molar-refractivity contribution in [2.45, 2.75) is 12.5 Å². The van der Waals surface area contributed by atoms with Crippen LogP contribution in [0.25, 0.3) is 10.2 Å². The minimum Gasteiger partial charge on any atom is -0.315 e. The van der Waals surface area contributed by atoms with Crippen molar-refractivity contribution >= 4 is 21.6 Å². The molecule has 24 heavy (non-hydrogen) atoms. The Morgan fingerprint density at radius 3 is 2.88 bits per heavy atom. The number of nitrogens with zero attached hydrogens (tertiary/aromatic N) is 2. The molecule has 0 bridgehead atoms. The highest BCUT2D eigenvalue weighted by Gasteiger charge is 2.26. The fraction of sp³-hybridized carbons (Fsp3) is 0.316. The Morgan fingerprint density at radius 1 is 1.08 bits per heavy atom. The summed E-state index contributed by atoms with van der Waals surface area (Å²) in [5, 5.41) is 4.49. The Hall–Kier alpha value is -1.82. The molecule has 2 heterocycles. The lowest BCUT2D eigenvalue weighted by Crippen LogP contribution is -2.33. The van der Waals surface area contributed by atoms with Crippen molar-refractivity contribution in [2.24, 2.45) is 0 Å². The molecule has 1 saturated heterocycles. The highest BCUT2D eigenvalue weighted by atomic mass is 32.1. The largest absolute Gasteiger partial charge is 0.315 e. The summed E-state index contributed by atoms with van der Waals surface area (Å²) in [5.74, 6) is -0.188. The zero-order valence-corrected chi connectivity index (χ0v) is 14.2. The zero-order valence-electron chi connectivity index (χ0n) is 13.4. The first kappa shape index (κ1) is 15.7. The summed E-state index contributed by atoms with van der Waals surface area (Å²) >= 11 is 1.71. The molecule has 1 fully saturated rings. The van der Waals surface area contributed by atoms with Gasteiger partial charge in [0.1, 0.15) is 10.8 Å². The maximum atomic E-state index is 13.8. The van der Waals surface area contributed by atoms with Gasteiger partial charge in [-0.15, -0.1) is 11.3 Å². The molecule has 1 N–H and O–H groups in total. The van der Waals surface area contributed by atoms with Gasteiger partial charge in [0.2, 0.25) is 0 Å². The van der Waals surface area contributed by atoms with E-state index in [1.165, 1.54) is 10.8 Å². The number of para-hydroxylation sites is 1. The van der Waals surface area contributed by atoms with Crippen molar-refractivity contribution in [2.75, 3.05) is 26.2 Å². The third kappa shape index (κ3) is 3.20. The predicted molar refractivity (Wildman–Crippen MR) is 96.9 cm³/mol. The first-order chi connectivity index (χ1) is 11.8. The summed E-state index contributed by atoms with van der Waals surface area (Å²) in [4.78, 5) is 7.28. The molecule has 0 amide bonds. The van der Waals surface area contributed by atoms with Crippen LogP contribution >= 0.6 is 11.3 Å². The van der Waals surface area contributed by atoms with Crippen LogP contribution in [0.2, 0.25) is 0 Å². The van der Waals surface area contributed by atoms with Crippen LogP contribution in [0.4, 0.5) is 4.39 Å². The second kappa shape index (κ2) is 6.97. The second-order valence-corrected chi connectivity index (χ2v) is 7.18. The fourth-order valence-corrected chi connectivity index (χ4v) is 4.45. The molecule has 1 aromatic heterocycles. The van der Waals surface area contributed by atoms with Gasteiger partial charge in [0.15, 0.2) is 0 Å². The van der Waals surface area contributed by atoms with Crippen molar-refractivity contribution in [3.8, 4) is 0 Å². The van der Waals surface area contributed by atoms with E-state index in [0.717, 1.165) is 48.7 Å². The minimum atomic E-state index is -0.188. The third-order valence-electron chi connectivity index (χ3n) is 4.45. The van der Waals surface area contributed by atoms with Crippen LogP contribution in [-0.2, 0) is 0 Å². The van der Waals surface area contributed by atoms with Crippen molar-refractivity contribution in [3.05, 3.63) is 64.9 Å². The van der Waals surface area contributed by atoms with Crippen LogP contribution in [0.5, 0.6) is 0 Å². The van der Waals surface area contributed by atoms with Crippen molar-refractivity contribution in [3.63, 3.8) is 0 Å². The molecule has 1 atom stereocenters. The van der Waals surface area contributed by atoms with Gasteiger partial charge in [0.05, 0.1) is 16.3 Å². The molecular weight excluding hydrogens is 321 g/mol. The number of thiazole rings is 1. The van der Waals surface area contributed by atoms with Crippen molar-refractivity contribution in [1.29, 1.82) is 0 Å². The molecule has 1 aliphatic heterocycles. The average Bonchev–Trinajstić information content (AvgIpc) is 2.82. The summed E-state index contributed by atoms with van der Waals surface area (Å²) in [5.41, 5.74) is 2.00. The topological polar surface area (TPSA) is 28.2 Å². The lowest BCUT2D eigenvalue weighted by molar-refractivity contribution is 0.240. The molecule has 0 radical (unpaired) electrons. The highest BCUT2D eigenvalue weighted by Crippen LogP contribution is 2.34. The number of hydrogen-bond acceptors (Lipinski definition) is 4. The summed E-state index contributed by atoms with van der Waals surface area (Å²) in [7, 11) is 0. The van der Waals surface area contributed by atoms with Crippen LogP contribution in [-0.4, -0.2) is 36.1 Å². The first-order valence-electron chi connectivity index (χ1n) is 8.37. The fourth-order valence-electron chi connectivity index (χ4n) is 3.32. The normalized spacial score (nSPS) is 17.7. The SMILES string of the molecule is Fc1cccc(C(c2nc3ccccc3s2)N2CCCNCC2)c1. The van der Waals surface area contributed by atoms with E-state index < -0.39 is 0 Å². The van der Waals surface area contributed by atoms with Gasteiger partial charge in [-0.05, 0) is 42.8 Å². The van der Waals surface area contributed by atoms with Gasteiger partial charge in [0.25, 0.3) is 0 Å². The standard InChI is InChI=1S/C19H20FN3S/c20-15-6-3-5-14(13-15)18(23-11-4-9-21-10-12-23)19-22-16-7-1-2-8-17(16)24-19/h1-3,5-8,13,18,21H,4,9-12H2. The lowest BCUT2D eigenvalue weighted by atomic mass is 10.1. The van der Waals surface area contributed by atoms with E-state index in [1.807, 2.05) is 24.3 Å². The number of nitrogens with one attached hydrogen (secondary N) is 1. The predicted octanol–water partition coefficient (Wildman–Crippen LogP) is 3.82. The molecule has 1 aliphatic rings.